The van der Waals surface area contributed by atoms with Crippen LogP contribution in [0.3, 0.4) is 0 Å². The maximum Gasteiger partial charge on any atom is 0.352 e. The van der Waals surface area contributed by atoms with Crippen LogP contribution in [0.5, 0.6) is 0 Å². The third-order valence-electron chi connectivity index (χ3n) is 3.13. The normalized spacial score (nSPS) is 10.9. The van der Waals surface area contributed by atoms with E-state index in [2.05, 4.69) is 0 Å². The monoisotopic (exact) mass is 265 g/mol. The average Bonchev–Trinajstić information content (AvgIpc) is 2.28. The van der Waals surface area contributed by atoms with E-state index in [1.165, 1.54) is 11.5 Å². The summed E-state index contributed by atoms with van der Waals surface area (Å²) in [4.78, 5) is 23.5. The highest BCUT2D eigenvalue weighted by molar-refractivity contribution is 6.35. The van der Waals surface area contributed by atoms with Crippen molar-refractivity contribution in [3.8, 4) is 0 Å². The van der Waals surface area contributed by atoms with Gasteiger partial charge in [-0.1, -0.05) is 17.7 Å². The van der Waals surface area contributed by atoms with Gasteiger partial charge in [-0.15, -0.1) is 0 Å². The first-order valence-electron chi connectivity index (χ1n) is 5.38. The van der Waals surface area contributed by atoms with Crippen LogP contribution in [0.15, 0.2) is 16.9 Å². The molecule has 4 nitrogen and oxygen atoms in total. The Balaban J connectivity index is 3.18. The Labute approximate surface area is 108 Å². The topological polar surface area (TPSA) is 59.3 Å². The molecular formula is C13H12ClNO3. The molecule has 5 heteroatoms. The first-order valence-corrected chi connectivity index (χ1v) is 5.75. The number of aryl methyl sites for hydroxylation is 2. The summed E-state index contributed by atoms with van der Waals surface area (Å²) in [6.45, 7) is 3.32. The van der Waals surface area contributed by atoms with Crippen LogP contribution in [0, 0.1) is 13.8 Å². The van der Waals surface area contributed by atoms with Crippen molar-refractivity contribution in [1.29, 1.82) is 0 Å². The van der Waals surface area contributed by atoms with Crippen LogP contribution in [0.2, 0.25) is 5.02 Å². The van der Waals surface area contributed by atoms with Crippen LogP contribution in [-0.4, -0.2) is 15.6 Å². The van der Waals surface area contributed by atoms with Crippen LogP contribution < -0.4 is 5.43 Å². The SMILES string of the molecule is Cc1c(C(=O)O)n(C)c2c(C)ccc(Cl)c2c1=O. The molecule has 1 aromatic carbocycles. The van der Waals surface area contributed by atoms with Gasteiger partial charge in [0.25, 0.3) is 0 Å². The average molecular weight is 266 g/mol. The Morgan fingerprint density at radius 1 is 1.33 bits per heavy atom. The van der Waals surface area contributed by atoms with Gasteiger partial charge in [-0.3, -0.25) is 4.79 Å². The fraction of sp³-hybridized carbons (Fsp3) is 0.231. The number of rotatable bonds is 1. The molecule has 0 saturated heterocycles. The highest BCUT2D eigenvalue weighted by Crippen LogP contribution is 2.25. The number of carboxylic acids is 1. The standard InChI is InChI=1S/C13H12ClNO3/c1-6-4-5-8(14)9-10(6)15(3)11(13(17)18)7(2)12(9)16/h4-5H,1-3H3,(H,17,18). The summed E-state index contributed by atoms with van der Waals surface area (Å²) in [7, 11) is 1.63. The second-order valence-electron chi connectivity index (χ2n) is 4.25. The summed E-state index contributed by atoms with van der Waals surface area (Å²) in [6.07, 6.45) is 0. The van der Waals surface area contributed by atoms with E-state index < -0.39 is 5.97 Å². The molecule has 2 rings (SSSR count). The van der Waals surface area contributed by atoms with Crippen molar-refractivity contribution in [2.45, 2.75) is 13.8 Å². The molecule has 1 heterocycles. The lowest BCUT2D eigenvalue weighted by Crippen LogP contribution is -2.21. The zero-order valence-corrected chi connectivity index (χ0v) is 11.0. The minimum absolute atomic E-state index is 0.00198. The number of hydrogen-bond donors (Lipinski definition) is 1. The van der Waals surface area contributed by atoms with Gasteiger partial charge in [0.1, 0.15) is 5.69 Å². The van der Waals surface area contributed by atoms with Crippen molar-refractivity contribution >= 4 is 28.5 Å². The van der Waals surface area contributed by atoms with E-state index in [0.717, 1.165) is 5.56 Å². The first kappa shape index (κ1) is 12.6. The van der Waals surface area contributed by atoms with Crippen molar-refractivity contribution in [2.75, 3.05) is 0 Å². The smallest absolute Gasteiger partial charge is 0.352 e. The number of aromatic carboxylic acids is 1. The second-order valence-corrected chi connectivity index (χ2v) is 4.66. The lowest BCUT2D eigenvalue weighted by atomic mass is 10.1. The van der Waals surface area contributed by atoms with E-state index in [1.807, 2.05) is 6.92 Å². The molecule has 2 aromatic rings. The predicted molar refractivity (Wildman–Crippen MR) is 70.6 cm³/mol. The molecule has 1 N–H and O–H groups in total. The highest BCUT2D eigenvalue weighted by atomic mass is 35.5. The van der Waals surface area contributed by atoms with Gasteiger partial charge in [0, 0.05) is 12.6 Å². The highest BCUT2D eigenvalue weighted by Gasteiger charge is 2.19. The zero-order chi connectivity index (χ0) is 13.6. The number of fused-ring (bicyclic) bond motifs is 1. The number of pyridine rings is 1. The number of nitrogens with zero attached hydrogens (tertiary/aromatic N) is 1. The fourth-order valence-corrected chi connectivity index (χ4v) is 2.52. The molecule has 0 spiro atoms. The van der Waals surface area contributed by atoms with Crippen molar-refractivity contribution in [3.63, 3.8) is 0 Å². The van der Waals surface area contributed by atoms with E-state index in [4.69, 9.17) is 11.6 Å². The summed E-state index contributed by atoms with van der Waals surface area (Å²) in [5.74, 6) is -1.12. The largest absolute Gasteiger partial charge is 0.477 e. The lowest BCUT2D eigenvalue weighted by molar-refractivity contribution is 0.0685. The van der Waals surface area contributed by atoms with Crippen LogP contribution in [0.4, 0.5) is 0 Å². The van der Waals surface area contributed by atoms with Gasteiger partial charge in [-0.2, -0.15) is 0 Å². The molecule has 0 aliphatic carbocycles. The Morgan fingerprint density at radius 3 is 2.50 bits per heavy atom. The van der Waals surface area contributed by atoms with Crippen LogP contribution >= 0.6 is 11.6 Å². The maximum atomic E-state index is 12.2. The van der Waals surface area contributed by atoms with Gasteiger partial charge >= 0.3 is 5.97 Å². The third kappa shape index (κ3) is 1.61. The summed E-state index contributed by atoms with van der Waals surface area (Å²) >= 11 is 6.05. The van der Waals surface area contributed by atoms with E-state index in [0.29, 0.717) is 15.9 Å². The maximum absolute atomic E-state index is 12.2. The zero-order valence-electron chi connectivity index (χ0n) is 10.2. The number of halogens is 1. The van der Waals surface area contributed by atoms with Crippen molar-refractivity contribution in [2.24, 2.45) is 7.05 Å². The number of carbonyl (C=O) groups is 1. The number of aromatic nitrogens is 1. The molecule has 0 unspecified atom stereocenters. The van der Waals surface area contributed by atoms with Gasteiger partial charge in [-0.25, -0.2) is 4.79 Å². The summed E-state index contributed by atoms with van der Waals surface area (Å²) in [5, 5.41) is 9.92. The number of benzene rings is 1. The first-order chi connectivity index (χ1) is 8.36. The van der Waals surface area contributed by atoms with E-state index >= 15 is 0 Å². The van der Waals surface area contributed by atoms with E-state index in [-0.39, 0.29) is 16.7 Å². The number of carboxylic acid groups (broad SMARTS) is 1. The molecule has 1 aromatic heterocycles. The quantitative estimate of drug-likeness (QED) is 0.862. The minimum atomic E-state index is -1.12. The van der Waals surface area contributed by atoms with Gasteiger partial charge in [0.2, 0.25) is 0 Å². The molecule has 0 radical (unpaired) electrons. The van der Waals surface area contributed by atoms with E-state index in [9.17, 15) is 14.7 Å². The van der Waals surface area contributed by atoms with Gasteiger partial charge in [0.05, 0.1) is 15.9 Å². The van der Waals surface area contributed by atoms with E-state index in [1.54, 1.807) is 19.2 Å². The summed E-state index contributed by atoms with van der Waals surface area (Å²) < 4.78 is 1.51. The third-order valence-corrected chi connectivity index (χ3v) is 3.44. The molecular weight excluding hydrogens is 254 g/mol. The van der Waals surface area contributed by atoms with Crippen LogP contribution in [-0.2, 0) is 7.05 Å². The molecule has 0 aliphatic rings. The van der Waals surface area contributed by atoms with Gasteiger partial charge in [0.15, 0.2) is 5.43 Å². The molecule has 18 heavy (non-hydrogen) atoms. The number of hydrogen-bond acceptors (Lipinski definition) is 2. The Bertz CT molecular complexity index is 731. The van der Waals surface area contributed by atoms with Crippen LogP contribution in [0.1, 0.15) is 21.6 Å². The van der Waals surface area contributed by atoms with Gasteiger partial charge in [-0.05, 0) is 25.5 Å². The van der Waals surface area contributed by atoms with Crippen molar-refractivity contribution in [1.82, 2.24) is 4.57 Å². The molecule has 94 valence electrons. The molecule has 0 amide bonds. The lowest BCUT2D eigenvalue weighted by Gasteiger charge is -2.14. The fourth-order valence-electron chi connectivity index (χ4n) is 2.28. The molecule has 0 aliphatic heterocycles. The van der Waals surface area contributed by atoms with Crippen molar-refractivity contribution in [3.05, 3.63) is 44.2 Å². The molecule has 0 saturated carbocycles. The summed E-state index contributed by atoms with van der Waals surface area (Å²) in [5.41, 5.74) is 1.25. The second kappa shape index (κ2) is 4.14. The minimum Gasteiger partial charge on any atom is -0.477 e. The Morgan fingerprint density at radius 2 is 1.94 bits per heavy atom. The molecule has 0 atom stereocenters. The van der Waals surface area contributed by atoms with Gasteiger partial charge < -0.3 is 9.67 Å². The Hall–Kier alpha value is -1.81. The van der Waals surface area contributed by atoms with Crippen molar-refractivity contribution < 1.29 is 9.90 Å². The Kier molecular flexibility index (Phi) is 2.91. The molecule has 0 bridgehead atoms. The molecule has 0 fully saturated rings. The van der Waals surface area contributed by atoms with Crippen LogP contribution in [0.25, 0.3) is 10.9 Å². The predicted octanol–water partition coefficient (Wildman–Crippen LogP) is 2.51. The summed E-state index contributed by atoms with van der Waals surface area (Å²) in [6, 6.07) is 3.42.